The fraction of sp³-hybridized carbons (Fsp3) is 0.242. The fourth-order valence-electron chi connectivity index (χ4n) is 4.04. The van der Waals surface area contributed by atoms with E-state index in [4.69, 9.17) is 0 Å². The van der Waals surface area contributed by atoms with Gasteiger partial charge in [-0.15, -0.1) is 12.8 Å². The van der Waals surface area contributed by atoms with Crippen LogP contribution in [0.4, 0.5) is 5.82 Å². The molecule has 1 N–H and O–H groups in total. The summed E-state index contributed by atoms with van der Waals surface area (Å²) in [5.74, 6) is 0.218. The van der Waals surface area contributed by atoms with E-state index >= 15 is 0 Å². The summed E-state index contributed by atoms with van der Waals surface area (Å²) in [4.78, 5) is 31.0. The molecule has 0 aliphatic carbocycles. The van der Waals surface area contributed by atoms with E-state index in [9.17, 15) is 9.59 Å². The second-order valence-corrected chi connectivity index (χ2v) is 8.51. The Bertz CT molecular complexity index is 1240. The maximum atomic E-state index is 13.0. The largest absolute Gasteiger partial charge is 0.342 e. The fourth-order valence-corrected chi connectivity index (χ4v) is 4.04. The number of aldehydes is 1. The van der Waals surface area contributed by atoms with Crippen LogP contribution in [0.2, 0.25) is 0 Å². The Balaban J connectivity index is 0.00000121. The molecule has 1 amide bonds. The van der Waals surface area contributed by atoms with Gasteiger partial charge in [0.15, 0.2) is 0 Å². The molecule has 1 atom stereocenters. The second-order valence-electron chi connectivity index (χ2n) is 8.51. The molecule has 3 aromatic rings. The third-order valence-electron chi connectivity index (χ3n) is 5.87. The van der Waals surface area contributed by atoms with E-state index in [1.54, 1.807) is 18.3 Å². The van der Waals surface area contributed by atoms with Gasteiger partial charge >= 0.3 is 0 Å². The molecule has 5 nitrogen and oxygen atoms in total. The summed E-state index contributed by atoms with van der Waals surface area (Å²) < 4.78 is 0. The number of nitrogens with one attached hydrogen (secondary N) is 1. The maximum absolute atomic E-state index is 13.0. The minimum absolute atomic E-state index is 0.319. The Labute approximate surface area is 227 Å². The molecule has 2 aliphatic rings. The lowest BCUT2D eigenvalue weighted by Gasteiger charge is -2.18. The van der Waals surface area contributed by atoms with E-state index < -0.39 is 6.04 Å². The van der Waals surface area contributed by atoms with Gasteiger partial charge in [0, 0.05) is 19.4 Å². The highest BCUT2D eigenvalue weighted by Crippen LogP contribution is 2.17. The Hall–Kier alpha value is -4.43. The summed E-state index contributed by atoms with van der Waals surface area (Å²) >= 11 is 0. The van der Waals surface area contributed by atoms with Crippen LogP contribution in [0, 0.1) is 12.8 Å². The number of rotatable bonds is 1. The standard InChI is InChI=1S/C29H29N3O2.C2H6.C2H2/c1-32-18-6-11-24-10-4-9-23(19-24)8-3-2-7-22-13-15-25(16-14-22)20-26(21-33)31-29(34)27-12-5-17-30-28(27)32;2*1-2/h2-6,9-10,12-19,21,26H,7-8,11,20H2,1H3,(H,31,34);1-2H3;1-2H/b3-2-,18-6-;;. The first kappa shape index (κ1) is 29.8. The van der Waals surface area contributed by atoms with Gasteiger partial charge in [-0.05, 0) is 60.1 Å². The minimum Gasteiger partial charge on any atom is -0.342 e. The number of carbonyl (C=O) groups excluding carboxylic acids is 2. The number of nitrogens with zero attached hydrogens (tertiary/aromatic N) is 2. The van der Waals surface area contributed by atoms with E-state index in [1.165, 1.54) is 16.7 Å². The zero-order valence-electron chi connectivity index (χ0n) is 22.5. The molecule has 0 spiro atoms. The van der Waals surface area contributed by atoms with Gasteiger partial charge in [0.25, 0.3) is 5.91 Å². The van der Waals surface area contributed by atoms with Crippen molar-refractivity contribution < 1.29 is 9.59 Å². The first-order valence-corrected chi connectivity index (χ1v) is 12.9. The lowest BCUT2D eigenvalue weighted by molar-refractivity contribution is -0.109. The third-order valence-corrected chi connectivity index (χ3v) is 5.87. The van der Waals surface area contributed by atoms with Gasteiger partial charge < -0.3 is 15.0 Å². The molecule has 2 aliphatic heterocycles. The number of hydrogen-bond acceptors (Lipinski definition) is 4. The summed E-state index contributed by atoms with van der Waals surface area (Å²) in [6, 6.07) is 19.6. The molecule has 0 saturated carbocycles. The number of terminal acetylenes is 1. The van der Waals surface area contributed by atoms with E-state index in [2.05, 4.69) is 77.8 Å². The number of carbonyl (C=O) groups is 2. The molecule has 2 aromatic carbocycles. The molecule has 0 radical (unpaired) electrons. The zero-order valence-corrected chi connectivity index (χ0v) is 22.5. The topological polar surface area (TPSA) is 62.3 Å². The molecule has 4 bridgehead atoms. The van der Waals surface area contributed by atoms with Crippen molar-refractivity contribution in [2.45, 2.75) is 45.6 Å². The molecule has 1 aromatic heterocycles. The molecule has 196 valence electrons. The molecule has 0 fully saturated rings. The minimum atomic E-state index is -0.618. The number of hydrogen-bond donors (Lipinski definition) is 1. The molecular weight excluding hydrogens is 470 g/mol. The molecule has 1 unspecified atom stereocenters. The van der Waals surface area contributed by atoms with Crippen LogP contribution >= 0.6 is 0 Å². The number of anilines is 1. The van der Waals surface area contributed by atoms with E-state index in [1.807, 2.05) is 44.1 Å². The molecular formula is C33H37N3O2. The Morgan fingerprint density at radius 3 is 2.13 bits per heavy atom. The summed E-state index contributed by atoms with van der Waals surface area (Å²) in [5.41, 5.74) is 5.14. The summed E-state index contributed by atoms with van der Waals surface area (Å²) in [7, 11) is 1.87. The highest BCUT2D eigenvalue weighted by molar-refractivity contribution is 6.00. The lowest BCUT2D eigenvalue weighted by atomic mass is 10.0. The highest BCUT2D eigenvalue weighted by atomic mass is 16.2. The van der Waals surface area contributed by atoms with Crippen molar-refractivity contribution in [1.29, 1.82) is 0 Å². The van der Waals surface area contributed by atoms with Crippen molar-refractivity contribution >= 4 is 18.0 Å². The smallest absolute Gasteiger partial charge is 0.255 e. The van der Waals surface area contributed by atoms with Gasteiger partial charge in [-0.2, -0.15) is 0 Å². The molecule has 5 heteroatoms. The maximum Gasteiger partial charge on any atom is 0.255 e. The number of benzene rings is 2. The number of fused-ring (bicyclic) bond motifs is 9. The number of amides is 1. The lowest BCUT2D eigenvalue weighted by Crippen LogP contribution is -2.38. The molecule has 3 heterocycles. The highest BCUT2D eigenvalue weighted by Gasteiger charge is 2.18. The Morgan fingerprint density at radius 2 is 1.47 bits per heavy atom. The van der Waals surface area contributed by atoms with Crippen LogP contribution in [0.5, 0.6) is 0 Å². The van der Waals surface area contributed by atoms with Gasteiger partial charge in [-0.1, -0.05) is 80.6 Å². The van der Waals surface area contributed by atoms with Crippen molar-refractivity contribution in [3.63, 3.8) is 0 Å². The quantitative estimate of drug-likeness (QED) is 0.259. The third kappa shape index (κ3) is 8.90. The summed E-state index contributed by atoms with van der Waals surface area (Å²) in [6.45, 7) is 4.00. The SMILES string of the molecule is C#C.CC.CN1/C=C\Cc2cccc(c2)C/C=C\Cc2ccc(cc2)CC(C=O)NC(=O)c2cccnc21. The first-order valence-electron chi connectivity index (χ1n) is 12.9. The number of pyridine rings is 1. The van der Waals surface area contributed by atoms with Crippen molar-refractivity contribution in [2.75, 3.05) is 11.9 Å². The average Bonchev–Trinajstić information content (AvgIpc) is 2.97. The van der Waals surface area contributed by atoms with E-state index in [-0.39, 0.29) is 5.91 Å². The van der Waals surface area contributed by atoms with Crippen molar-refractivity contribution in [2.24, 2.45) is 0 Å². The van der Waals surface area contributed by atoms with Crippen molar-refractivity contribution in [3.05, 3.63) is 119 Å². The van der Waals surface area contributed by atoms with Gasteiger partial charge in [-0.3, -0.25) is 4.79 Å². The zero-order chi connectivity index (χ0) is 27.8. The predicted molar refractivity (Wildman–Crippen MR) is 157 cm³/mol. The van der Waals surface area contributed by atoms with Crippen molar-refractivity contribution in [1.82, 2.24) is 10.3 Å². The van der Waals surface area contributed by atoms with Crippen LogP contribution < -0.4 is 10.2 Å². The van der Waals surface area contributed by atoms with E-state index in [0.717, 1.165) is 31.1 Å². The summed E-state index contributed by atoms with van der Waals surface area (Å²) in [5, 5.41) is 2.86. The van der Waals surface area contributed by atoms with Crippen molar-refractivity contribution in [3.8, 4) is 12.8 Å². The Kier molecular flexibility index (Phi) is 12.8. The normalized spacial score (nSPS) is 17.0. The monoisotopic (exact) mass is 507 g/mol. The average molecular weight is 508 g/mol. The number of aromatic nitrogens is 1. The van der Waals surface area contributed by atoms with Crippen LogP contribution in [-0.2, 0) is 30.5 Å². The van der Waals surface area contributed by atoms with E-state index in [0.29, 0.717) is 17.8 Å². The van der Waals surface area contributed by atoms with Crippen LogP contribution in [0.1, 0.15) is 46.5 Å². The van der Waals surface area contributed by atoms with Gasteiger partial charge in [0.1, 0.15) is 12.1 Å². The van der Waals surface area contributed by atoms with Gasteiger partial charge in [0.05, 0.1) is 11.6 Å². The van der Waals surface area contributed by atoms with Crippen LogP contribution in [0.15, 0.2) is 91.3 Å². The summed E-state index contributed by atoms with van der Waals surface area (Å²) in [6.07, 6.45) is 21.8. The second kappa shape index (κ2) is 16.3. The van der Waals surface area contributed by atoms with Crippen LogP contribution in [-0.4, -0.2) is 30.3 Å². The molecule has 0 saturated heterocycles. The first-order chi connectivity index (χ1) is 18.6. The van der Waals surface area contributed by atoms with Crippen LogP contribution in [0.25, 0.3) is 0 Å². The molecule has 5 rings (SSSR count). The van der Waals surface area contributed by atoms with Crippen LogP contribution in [0.3, 0.4) is 0 Å². The Morgan fingerprint density at radius 1 is 0.868 bits per heavy atom. The molecule has 38 heavy (non-hydrogen) atoms. The predicted octanol–water partition coefficient (Wildman–Crippen LogP) is 5.74. The number of allylic oxidation sites excluding steroid dienone is 3. The van der Waals surface area contributed by atoms with Gasteiger partial charge in [-0.25, -0.2) is 4.98 Å². The van der Waals surface area contributed by atoms with Gasteiger partial charge in [0.2, 0.25) is 0 Å².